The predicted molar refractivity (Wildman–Crippen MR) is 113 cm³/mol. The molecule has 3 aromatic rings. The molecule has 0 N–H and O–H groups in total. The van der Waals surface area contributed by atoms with E-state index in [0.717, 1.165) is 0 Å². The number of hydrogen-bond donors (Lipinski definition) is 0. The molecule has 0 bridgehead atoms. The summed E-state index contributed by atoms with van der Waals surface area (Å²) >= 11 is -0.172. The maximum atomic E-state index is 11.9. The van der Waals surface area contributed by atoms with Crippen molar-refractivity contribution in [2.24, 2.45) is 0 Å². The summed E-state index contributed by atoms with van der Waals surface area (Å²) in [5.41, 5.74) is 1.24. The van der Waals surface area contributed by atoms with Crippen LogP contribution in [0.1, 0.15) is 23.6 Å². The van der Waals surface area contributed by atoms with Gasteiger partial charge in [-0.2, -0.15) is 0 Å². The molecule has 27 heavy (non-hydrogen) atoms. The fraction of sp³-hybridized carbons (Fsp3) is 0.174. The van der Waals surface area contributed by atoms with Gasteiger partial charge in [-0.1, -0.05) is 0 Å². The first-order valence-electron chi connectivity index (χ1n) is 8.93. The summed E-state index contributed by atoms with van der Waals surface area (Å²) in [5, 5.41) is 3.97. The van der Waals surface area contributed by atoms with E-state index in [1.807, 2.05) is 0 Å². The van der Waals surface area contributed by atoms with Crippen LogP contribution in [-0.4, -0.2) is 5.97 Å². The molecule has 0 radical (unpaired) electrons. The van der Waals surface area contributed by atoms with Crippen molar-refractivity contribution >= 4 is 27.3 Å². The molecule has 3 aromatic carbocycles. The number of carbonyl (C=O) groups is 1. The molecule has 0 aliphatic rings. The van der Waals surface area contributed by atoms with Crippen LogP contribution in [-0.2, 0) is 26.1 Å². The molecule has 0 spiro atoms. The second kappa shape index (κ2) is 8.49. The van der Waals surface area contributed by atoms with Gasteiger partial charge in [0.15, 0.2) is 0 Å². The van der Waals surface area contributed by atoms with Crippen LogP contribution in [0.25, 0.3) is 0 Å². The Morgan fingerprint density at radius 2 is 1.04 bits per heavy atom. The van der Waals surface area contributed by atoms with Gasteiger partial charge in [0.1, 0.15) is 0 Å². The van der Waals surface area contributed by atoms with Crippen LogP contribution in [0.5, 0.6) is 0 Å². The average molecular weight is 471 g/mol. The molecular formula is C23H25O2PPd. The van der Waals surface area contributed by atoms with Crippen molar-refractivity contribution in [3.05, 3.63) is 89.5 Å². The topological polar surface area (TPSA) is 26.3 Å². The molecular weight excluding hydrogens is 446 g/mol. The van der Waals surface area contributed by atoms with Crippen molar-refractivity contribution in [3.63, 3.8) is 0 Å². The molecule has 4 heteroatoms. The van der Waals surface area contributed by atoms with E-state index in [-0.39, 0.29) is 23.8 Å². The molecule has 0 heterocycles. The average Bonchev–Trinajstić information content (AvgIpc) is 2.65. The Bertz CT molecular complexity index is 857. The summed E-state index contributed by atoms with van der Waals surface area (Å²) < 4.78 is 5.81. The number of hydrogen-bond acceptors (Lipinski definition) is 2. The molecule has 0 saturated heterocycles. The molecule has 0 amide bonds. The Morgan fingerprint density at radius 3 is 1.33 bits per heavy atom. The van der Waals surface area contributed by atoms with Crippen LogP contribution in [0.2, 0.25) is 0 Å². The van der Waals surface area contributed by atoms with Gasteiger partial charge in [0.25, 0.3) is 0 Å². The van der Waals surface area contributed by atoms with Gasteiger partial charge in [-0.3, -0.25) is 0 Å². The molecule has 0 saturated carbocycles. The van der Waals surface area contributed by atoms with Crippen molar-refractivity contribution in [3.8, 4) is 0 Å². The van der Waals surface area contributed by atoms with Crippen molar-refractivity contribution in [1.82, 2.24) is 0 Å². The van der Waals surface area contributed by atoms with Gasteiger partial charge in [0, 0.05) is 0 Å². The monoisotopic (exact) mass is 470 g/mol. The fourth-order valence-electron chi connectivity index (χ4n) is 3.46. The molecule has 0 fully saturated rings. The zero-order chi connectivity index (χ0) is 19.4. The van der Waals surface area contributed by atoms with Gasteiger partial charge < -0.3 is 0 Å². The predicted octanol–water partition coefficient (Wildman–Crippen LogP) is 4.11. The molecule has 0 aliphatic heterocycles. The van der Waals surface area contributed by atoms with Gasteiger partial charge >= 0.3 is 171 Å². The van der Waals surface area contributed by atoms with Crippen LogP contribution < -0.4 is 15.9 Å². The number of carbonyl (C=O) groups excluding carboxylic acids is 1. The van der Waals surface area contributed by atoms with E-state index in [1.54, 1.807) is 0 Å². The van der Waals surface area contributed by atoms with E-state index in [1.165, 1.54) is 39.5 Å². The molecule has 0 unspecified atom stereocenters. The molecule has 2 nitrogen and oxygen atoms in total. The van der Waals surface area contributed by atoms with Crippen LogP contribution in [0, 0.1) is 20.8 Å². The SMILES string of the molecule is CC(=O)[O][Pd][PH](c1ccccc1C)(c1ccccc1C)c1ccccc1C. The summed E-state index contributed by atoms with van der Waals surface area (Å²) in [6.45, 7) is 7.99. The first-order valence-corrected chi connectivity index (χ1v) is 13.7. The van der Waals surface area contributed by atoms with Crippen LogP contribution in [0.4, 0.5) is 0 Å². The molecule has 0 atom stereocenters. The van der Waals surface area contributed by atoms with Crippen LogP contribution in [0.3, 0.4) is 0 Å². The van der Waals surface area contributed by atoms with Crippen molar-refractivity contribution in [1.29, 1.82) is 0 Å². The normalized spacial score (nSPS) is 12.0. The Labute approximate surface area is 170 Å². The second-order valence-corrected chi connectivity index (χ2v) is 14.4. The van der Waals surface area contributed by atoms with Gasteiger partial charge in [-0.15, -0.1) is 0 Å². The minimum atomic E-state index is -2.51. The van der Waals surface area contributed by atoms with Gasteiger partial charge in [0.05, 0.1) is 0 Å². The number of aryl methyl sites for hydroxylation is 3. The summed E-state index contributed by atoms with van der Waals surface area (Å²) in [6, 6.07) is 25.7. The van der Waals surface area contributed by atoms with Crippen LogP contribution in [0.15, 0.2) is 72.8 Å². The van der Waals surface area contributed by atoms with Crippen LogP contribution >= 0.6 is 5.45 Å². The third-order valence-electron chi connectivity index (χ3n) is 4.72. The quantitative estimate of drug-likeness (QED) is 0.414. The number of rotatable bonds is 5. The first-order chi connectivity index (χ1) is 13.0. The maximum absolute atomic E-state index is 11.9. The van der Waals surface area contributed by atoms with Crippen molar-refractivity contribution in [2.75, 3.05) is 0 Å². The van der Waals surface area contributed by atoms with E-state index in [0.29, 0.717) is 0 Å². The van der Waals surface area contributed by atoms with Crippen molar-refractivity contribution in [2.45, 2.75) is 27.7 Å². The summed E-state index contributed by atoms with van der Waals surface area (Å²) in [5.74, 6) is -0.211. The second-order valence-electron chi connectivity index (χ2n) is 6.68. The van der Waals surface area contributed by atoms with E-state index in [2.05, 4.69) is 93.6 Å². The molecule has 0 aliphatic carbocycles. The Morgan fingerprint density at radius 1 is 0.704 bits per heavy atom. The molecule has 0 aromatic heterocycles. The molecule has 3 rings (SSSR count). The van der Waals surface area contributed by atoms with E-state index >= 15 is 0 Å². The third-order valence-corrected chi connectivity index (χ3v) is 14.9. The Hall–Kier alpha value is -1.78. The third kappa shape index (κ3) is 3.92. The standard InChI is InChI=1S/C21H21P.C2H4O2.Pd/c1-16-10-4-7-13-19(16)22(20-14-8-5-11-17(20)2)21-15-9-6-12-18(21)3;1-2(3)4;/h4-15H,1-3H3;1H3,(H,3,4);. The zero-order valence-electron chi connectivity index (χ0n) is 16.1. The summed E-state index contributed by atoms with van der Waals surface area (Å²) in [4.78, 5) is 11.9. The first kappa shape index (κ1) is 20.0. The van der Waals surface area contributed by atoms with Gasteiger partial charge in [-0.25, -0.2) is 0 Å². The van der Waals surface area contributed by atoms with Crippen molar-refractivity contribution < 1.29 is 26.1 Å². The minimum absolute atomic E-state index is 0.172. The Balaban J connectivity index is 2.42. The number of benzene rings is 3. The summed E-state index contributed by atoms with van der Waals surface area (Å²) in [6.07, 6.45) is 0. The Kier molecular flexibility index (Phi) is 6.28. The van der Waals surface area contributed by atoms with E-state index in [9.17, 15) is 4.79 Å². The molecule has 144 valence electrons. The fourth-order valence-corrected chi connectivity index (χ4v) is 14.3. The summed E-state index contributed by atoms with van der Waals surface area (Å²) in [7, 11) is 0. The van der Waals surface area contributed by atoms with Gasteiger partial charge in [0.2, 0.25) is 0 Å². The van der Waals surface area contributed by atoms with E-state index in [4.69, 9.17) is 3.46 Å². The van der Waals surface area contributed by atoms with Gasteiger partial charge in [-0.05, 0) is 0 Å². The van der Waals surface area contributed by atoms with E-state index < -0.39 is 5.45 Å². The zero-order valence-corrected chi connectivity index (χ0v) is 18.6.